The molecule has 0 saturated heterocycles. The number of esters is 1. The average molecular weight is 202 g/mol. The molecule has 0 N–H and O–H groups in total. The van der Waals surface area contributed by atoms with Crippen LogP contribution in [-0.2, 0) is 19.1 Å². The van der Waals surface area contributed by atoms with Crippen molar-refractivity contribution in [2.24, 2.45) is 0 Å². The van der Waals surface area contributed by atoms with Crippen LogP contribution in [0.3, 0.4) is 0 Å². The average Bonchev–Trinajstić information content (AvgIpc) is 2.21. The molecule has 0 atom stereocenters. The number of carbonyl (C=O) groups excluding carboxylic acids is 2. The van der Waals surface area contributed by atoms with E-state index in [-0.39, 0.29) is 18.4 Å². The van der Waals surface area contributed by atoms with Crippen LogP contribution in [0.2, 0.25) is 0 Å². The second kappa shape index (κ2) is 8.69. The van der Waals surface area contributed by atoms with Crippen molar-refractivity contribution in [3.05, 3.63) is 0 Å². The fourth-order valence-corrected chi connectivity index (χ4v) is 0.798. The first-order chi connectivity index (χ1) is 6.70. The Balaban J connectivity index is 3.32. The molecule has 0 radical (unpaired) electrons. The second-order valence-corrected chi connectivity index (χ2v) is 2.85. The van der Waals surface area contributed by atoms with Crippen molar-refractivity contribution in [2.75, 3.05) is 19.8 Å². The molecule has 0 fully saturated rings. The lowest BCUT2D eigenvalue weighted by atomic mass is 10.3. The molecule has 4 heteroatoms. The molecular weight excluding hydrogens is 184 g/mol. The summed E-state index contributed by atoms with van der Waals surface area (Å²) >= 11 is 0. The van der Waals surface area contributed by atoms with Crippen LogP contribution >= 0.6 is 0 Å². The van der Waals surface area contributed by atoms with Crippen LogP contribution in [0.25, 0.3) is 0 Å². The Morgan fingerprint density at radius 2 is 1.93 bits per heavy atom. The molecule has 0 bridgehead atoms. The maximum absolute atomic E-state index is 11.0. The van der Waals surface area contributed by atoms with Gasteiger partial charge in [0.1, 0.15) is 6.61 Å². The molecule has 0 heterocycles. The van der Waals surface area contributed by atoms with Crippen LogP contribution in [0.1, 0.15) is 33.1 Å². The maximum atomic E-state index is 11.0. The Bertz CT molecular complexity index is 177. The van der Waals surface area contributed by atoms with Crippen molar-refractivity contribution < 1.29 is 19.1 Å². The monoisotopic (exact) mass is 202 g/mol. The predicted octanol–water partition coefficient (Wildman–Crippen LogP) is 1.33. The van der Waals surface area contributed by atoms with E-state index in [0.717, 1.165) is 0 Å². The van der Waals surface area contributed by atoms with Gasteiger partial charge in [-0.2, -0.15) is 0 Å². The van der Waals surface area contributed by atoms with Gasteiger partial charge in [0.25, 0.3) is 0 Å². The summed E-state index contributed by atoms with van der Waals surface area (Å²) in [7, 11) is 0. The van der Waals surface area contributed by atoms with Gasteiger partial charge in [-0.15, -0.1) is 0 Å². The molecule has 0 rings (SSSR count). The molecule has 0 aromatic rings. The smallest absolute Gasteiger partial charge is 0.306 e. The minimum Gasteiger partial charge on any atom is -0.458 e. The van der Waals surface area contributed by atoms with Crippen molar-refractivity contribution in [1.29, 1.82) is 0 Å². The first-order valence-electron chi connectivity index (χ1n) is 4.95. The SMILES string of the molecule is CCOCCCC(=O)OCC(=O)CC. The van der Waals surface area contributed by atoms with Gasteiger partial charge in [0.05, 0.1) is 0 Å². The Morgan fingerprint density at radius 1 is 1.21 bits per heavy atom. The van der Waals surface area contributed by atoms with Crippen molar-refractivity contribution in [3.8, 4) is 0 Å². The Labute approximate surface area is 84.6 Å². The van der Waals surface area contributed by atoms with Gasteiger partial charge in [0.2, 0.25) is 0 Å². The minimum absolute atomic E-state index is 0.0526. The third kappa shape index (κ3) is 7.73. The molecule has 4 nitrogen and oxygen atoms in total. The van der Waals surface area contributed by atoms with Gasteiger partial charge in [-0.05, 0) is 13.3 Å². The summed E-state index contributed by atoms with van der Waals surface area (Å²) in [5, 5.41) is 0. The predicted molar refractivity (Wildman–Crippen MR) is 52.0 cm³/mol. The van der Waals surface area contributed by atoms with Gasteiger partial charge in [-0.3, -0.25) is 9.59 Å². The first-order valence-corrected chi connectivity index (χ1v) is 4.95. The summed E-state index contributed by atoms with van der Waals surface area (Å²) in [4.78, 5) is 21.8. The number of ether oxygens (including phenoxy) is 2. The van der Waals surface area contributed by atoms with E-state index in [0.29, 0.717) is 32.5 Å². The lowest BCUT2D eigenvalue weighted by molar-refractivity contribution is -0.148. The molecule has 0 unspecified atom stereocenters. The quantitative estimate of drug-likeness (QED) is 0.440. The van der Waals surface area contributed by atoms with Crippen LogP contribution in [0, 0.1) is 0 Å². The Kier molecular flexibility index (Phi) is 8.13. The zero-order valence-corrected chi connectivity index (χ0v) is 8.88. The van der Waals surface area contributed by atoms with E-state index >= 15 is 0 Å². The van der Waals surface area contributed by atoms with Crippen molar-refractivity contribution in [2.45, 2.75) is 33.1 Å². The fraction of sp³-hybridized carbons (Fsp3) is 0.800. The van der Waals surface area contributed by atoms with E-state index in [1.807, 2.05) is 6.92 Å². The van der Waals surface area contributed by atoms with Crippen molar-refractivity contribution >= 4 is 11.8 Å². The van der Waals surface area contributed by atoms with Crippen molar-refractivity contribution in [3.63, 3.8) is 0 Å². The lowest BCUT2D eigenvalue weighted by Crippen LogP contribution is -2.13. The van der Waals surface area contributed by atoms with E-state index in [2.05, 4.69) is 0 Å². The summed E-state index contributed by atoms with van der Waals surface area (Å²) in [6.07, 6.45) is 1.37. The maximum Gasteiger partial charge on any atom is 0.306 e. The second-order valence-electron chi connectivity index (χ2n) is 2.85. The summed E-state index contributed by atoms with van der Waals surface area (Å²) in [6, 6.07) is 0. The van der Waals surface area contributed by atoms with Gasteiger partial charge in [-0.25, -0.2) is 0 Å². The topological polar surface area (TPSA) is 52.6 Å². The van der Waals surface area contributed by atoms with Crippen LogP contribution in [0.4, 0.5) is 0 Å². The van der Waals surface area contributed by atoms with E-state index < -0.39 is 0 Å². The molecule has 0 amide bonds. The standard InChI is InChI=1S/C10H18O4/c1-3-9(11)8-14-10(12)6-5-7-13-4-2/h3-8H2,1-2H3. The Hall–Kier alpha value is -0.900. The summed E-state index contributed by atoms with van der Waals surface area (Å²) in [5.41, 5.74) is 0. The third-order valence-electron chi connectivity index (χ3n) is 1.66. The van der Waals surface area contributed by atoms with Crippen LogP contribution in [-0.4, -0.2) is 31.6 Å². The van der Waals surface area contributed by atoms with E-state index in [1.54, 1.807) is 6.92 Å². The summed E-state index contributed by atoms with van der Waals surface area (Å²) in [6.45, 7) is 4.77. The first kappa shape index (κ1) is 13.1. The highest BCUT2D eigenvalue weighted by Crippen LogP contribution is 1.94. The number of hydrogen-bond donors (Lipinski definition) is 0. The highest BCUT2D eigenvalue weighted by atomic mass is 16.5. The third-order valence-corrected chi connectivity index (χ3v) is 1.66. The molecule has 0 aliphatic carbocycles. The summed E-state index contributed by atoms with van der Waals surface area (Å²) in [5.74, 6) is -0.380. The molecular formula is C10H18O4. The normalized spacial score (nSPS) is 9.86. The van der Waals surface area contributed by atoms with Gasteiger partial charge >= 0.3 is 5.97 Å². The van der Waals surface area contributed by atoms with Gasteiger partial charge < -0.3 is 9.47 Å². The zero-order valence-electron chi connectivity index (χ0n) is 8.88. The minimum atomic E-state index is -0.327. The number of Topliss-reactive ketones (excluding diaryl/α,β-unsaturated/α-hetero) is 1. The number of ketones is 1. The zero-order chi connectivity index (χ0) is 10.8. The van der Waals surface area contributed by atoms with Crippen molar-refractivity contribution in [1.82, 2.24) is 0 Å². The number of rotatable bonds is 8. The Morgan fingerprint density at radius 3 is 2.50 bits per heavy atom. The molecule has 0 saturated carbocycles. The van der Waals surface area contributed by atoms with Gasteiger partial charge in [0, 0.05) is 26.1 Å². The van der Waals surface area contributed by atoms with Gasteiger partial charge in [-0.1, -0.05) is 6.92 Å². The van der Waals surface area contributed by atoms with Crippen LogP contribution in [0.5, 0.6) is 0 Å². The van der Waals surface area contributed by atoms with Crippen LogP contribution < -0.4 is 0 Å². The van der Waals surface area contributed by atoms with E-state index in [4.69, 9.17) is 9.47 Å². The fourth-order valence-electron chi connectivity index (χ4n) is 0.798. The summed E-state index contributed by atoms with van der Waals surface area (Å²) < 4.78 is 9.79. The molecule has 0 aromatic heterocycles. The van der Waals surface area contributed by atoms with Crippen LogP contribution in [0.15, 0.2) is 0 Å². The highest BCUT2D eigenvalue weighted by Gasteiger charge is 2.05. The van der Waals surface area contributed by atoms with E-state index in [9.17, 15) is 9.59 Å². The molecule has 0 aliphatic rings. The largest absolute Gasteiger partial charge is 0.458 e. The molecule has 82 valence electrons. The lowest BCUT2D eigenvalue weighted by Gasteiger charge is -2.03. The number of carbonyl (C=O) groups is 2. The molecule has 0 aromatic carbocycles. The number of hydrogen-bond acceptors (Lipinski definition) is 4. The highest BCUT2D eigenvalue weighted by molar-refractivity contribution is 5.82. The van der Waals surface area contributed by atoms with E-state index in [1.165, 1.54) is 0 Å². The molecule has 0 spiro atoms. The van der Waals surface area contributed by atoms with Gasteiger partial charge in [0.15, 0.2) is 5.78 Å². The molecule has 0 aliphatic heterocycles. The molecule has 14 heavy (non-hydrogen) atoms.